The number of aryl methyl sites for hydroxylation is 2. The molecule has 0 radical (unpaired) electrons. The van der Waals surface area contributed by atoms with Gasteiger partial charge in [-0.3, -0.25) is 4.90 Å². The fourth-order valence-electron chi connectivity index (χ4n) is 1.84. The molecule has 1 aromatic heterocycles. The molecule has 4 heteroatoms. The first kappa shape index (κ1) is 13.6. The molecule has 0 spiro atoms. The van der Waals surface area contributed by atoms with Crippen LogP contribution in [0.4, 0.5) is 0 Å². The van der Waals surface area contributed by atoms with Crippen LogP contribution in [0, 0.1) is 13.8 Å². The second-order valence-electron chi connectivity index (χ2n) is 4.87. The van der Waals surface area contributed by atoms with Crippen LogP contribution >= 0.6 is 0 Å². The van der Waals surface area contributed by atoms with E-state index in [1.807, 2.05) is 19.1 Å². The zero-order valence-electron chi connectivity index (χ0n) is 11.8. The van der Waals surface area contributed by atoms with Crippen molar-refractivity contribution in [2.24, 2.45) is 0 Å². The SMILES string of the molecule is Cc1ccc(OCCN(C)Cc2nc[nH]c2C)cc1. The van der Waals surface area contributed by atoms with Crippen molar-refractivity contribution < 1.29 is 4.74 Å². The smallest absolute Gasteiger partial charge is 0.119 e. The monoisotopic (exact) mass is 259 g/mol. The molecule has 2 aromatic rings. The van der Waals surface area contributed by atoms with Crippen molar-refractivity contribution >= 4 is 0 Å². The van der Waals surface area contributed by atoms with E-state index < -0.39 is 0 Å². The zero-order chi connectivity index (χ0) is 13.7. The molecule has 2 rings (SSSR count). The summed E-state index contributed by atoms with van der Waals surface area (Å²) in [6.07, 6.45) is 1.74. The summed E-state index contributed by atoms with van der Waals surface area (Å²) in [5, 5.41) is 0. The summed E-state index contributed by atoms with van der Waals surface area (Å²) in [6.45, 7) is 6.51. The van der Waals surface area contributed by atoms with Gasteiger partial charge in [-0.25, -0.2) is 4.98 Å². The first-order chi connectivity index (χ1) is 9.15. The highest BCUT2D eigenvalue weighted by atomic mass is 16.5. The van der Waals surface area contributed by atoms with Crippen LogP contribution in [0.5, 0.6) is 5.75 Å². The van der Waals surface area contributed by atoms with E-state index in [9.17, 15) is 0 Å². The van der Waals surface area contributed by atoms with Crippen LogP contribution in [0.25, 0.3) is 0 Å². The van der Waals surface area contributed by atoms with E-state index in [2.05, 4.69) is 41.0 Å². The summed E-state index contributed by atoms with van der Waals surface area (Å²) < 4.78 is 5.71. The van der Waals surface area contributed by atoms with Gasteiger partial charge in [-0.15, -0.1) is 0 Å². The number of rotatable bonds is 6. The first-order valence-electron chi connectivity index (χ1n) is 6.52. The van der Waals surface area contributed by atoms with Crippen LogP contribution in [-0.2, 0) is 6.54 Å². The molecule has 102 valence electrons. The number of nitrogens with zero attached hydrogens (tertiary/aromatic N) is 2. The highest BCUT2D eigenvalue weighted by Crippen LogP contribution is 2.11. The lowest BCUT2D eigenvalue weighted by Crippen LogP contribution is -2.24. The van der Waals surface area contributed by atoms with Gasteiger partial charge in [0.05, 0.1) is 12.0 Å². The lowest BCUT2D eigenvalue weighted by atomic mass is 10.2. The van der Waals surface area contributed by atoms with Gasteiger partial charge in [-0.2, -0.15) is 0 Å². The number of likely N-dealkylation sites (N-methyl/N-ethyl adjacent to an activating group) is 1. The molecule has 0 amide bonds. The highest BCUT2D eigenvalue weighted by molar-refractivity contribution is 5.26. The summed E-state index contributed by atoms with van der Waals surface area (Å²) in [6, 6.07) is 8.14. The summed E-state index contributed by atoms with van der Waals surface area (Å²) in [5.74, 6) is 0.926. The van der Waals surface area contributed by atoms with E-state index in [0.29, 0.717) is 6.61 Å². The Kier molecular flexibility index (Phi) is 4.58. The Morgan fingerprint density at radius 2 is 1.95 bits per heavy atom. The van der Waals surface area contributed by atoms with Crippen molar-refractivity contribution in [3.63, 3.8) is 0 Å². The molecule has 0 atom stereocenters. The molecule has 4 nitrogen and oxygen atoms in total. The third-order valence-electron chi connectivity index (χ3n) is 3.12. The lowest BCUT2D eigenvalue weighted by molar-refractivity contribution is 0.231. The number of H-pyrrole nitrogens is 1. The molecule has 0 unspecified atom stereocenters. The maximum atomic E-state index is 5.71. The minimum absolute atomic E-state index is 0.684. The van der Waals surface area contributed by atoms with Crippen LogP contribution < -0.4 is 4.74 Å². The number of benzene rings is 1. The Hall–Kier alpha value is -1.81. The number of hydrogen-bond donors (Lipinski definition) is 1. The normalized spacial score (nSPS) is 10.9. The summed E-state index contributed by atoms with van der Waals surface area (Å²) in [5.41, 5.74) is 3.47. The average Bonchev–Trinajstić information content (AvgIpc) is 2.78. The molecule has 0 aliphatic carbocycles. The van der Waals surface area contributed by atoms with E-state index in [-0.39, 0.29) is 0 Å². The molecule has 0 saturated heterocycles. The van der Waals surface area contributed by atoms with Crippen molar-refractivity contribution in [1.82, 2.24) is 14.9 Å². The number of aromatic amines is 1. The van der Waals surface area contributed by atoms with Crippen LogP contribution in [0.1, 0.15) is 17.0 Å². The van der Waals surface area contributed by atoms with Crippen LogP contribution in [0.15, 0.2) is 30.6 Å². The van der Waals surface area contributed by atoms with Crippen LogP contribution in [0.3, 0.4) is 0 Å². The van der Waals surface area contributed by atoms with E-state index in [4.69, 9.17) is 4.74 Å². The number of nitrogens with one attached hydrogen (secondary N) is 1. The van der Waals surface area contributed by atoms with Crippen molar-refractivity contribution in [3.8, 4) is 5.75 Å². The molecule has 1 aromatic carbocycles. The van der Waals surface area contributed by atoms with E-state index in [1.165, 1.54) is 5.56 Å². The number of aromatic nitrogens is 2. The second-order valence-corrected chi connectivity index (χ2v) is 4.87. The fourth-order valence-corrected chi connectivity index (χ4v) is 1.84. The number of hydrogen-bond acceptors (Lipinski definition) is 3. The Morgan fingerprint density at radius 3 is 2.58 bits per heavy atom. The standard InChI is InChI=1S/C15H21N3O/c1-12-4-6-14(7-5-12)19-9-8-18(3)10-15-13(2)16-11-17-15/h4-7,11H,8-10H2,1-3H3,(H,16,17). The lowest BCUT2D eigenvalue weighted by Gasteiger charge is -2.16. The topological polar surface area (TPSA) is 41.1 Å². The number of imidazole rings is 1. The molecule has 19 heavy (non-hydrogen) atoms. The van der Waals surface area contributed by atoms with Gasteiger partial charge in [0.25, 0.3) is 0 Å². The molecule has 0 bridgehead atoms. The van der Waals surface area contributed by atoms with Crippen LogP contribution in [-0.4, -0.2) is 35.1 Å². The summed E-state index contributed by atoms with van der Waals surface area (Å²) >= 11 is 0. The highest BCUT2D eigenvalue weighted by Gasteiger charge is 2.05. The Morgan fingerprint density at radius 1 is 1.21 bits per heavy atom. The van der Waals surface area contributed by atoms with Crippen molar-refractivity contribution in [1.29, 1.82) is 0 Å². The number of ether oxygens (including phenoxy) is 1. The van der Waals surface area contributed by atoms with Crippen molar-refractivity contribution in [2.75, 3.05) is 20.2 Å². The van der Waals surface area contributed by atoms with Gasteiger partial charge in [0.1, 0.15) is 12.4 Å². The maximum absolute atomic E-state index is 5.71. The molecule has 1 N–H and O–H groups in total. The largest absolute Gasteiger partial charge is 0.492 e. The van der Waals surface area contributed by atoms with Gasteiger partial charge in [0.15, 0.2) is 0 Å². The van der Waals surface area contributed by atoms with Gasteiger partial charge in [0, 0.05) is 18.8 Å². The van der Waals surface area contributed by atoms with Gasteiger partial charge in [-0.1, -0.05) is 17.7 Å². The van der Waals surface area contributed by atoms with Gasteiger partial charge in [-0.05, 0) is 33.0 Å². The molecular formula is C15H21N3O. The molecule has 0 saturated carbocycles. The Balaban J connectivity index is 1.73. The molecular weight excluding hydrogens is 238 g/mol. The quantitative estimate of drug-likeness (QED) is 0.866. The van der Waals surface area contributed by atoms with E-state index >= 15 is 0 Å². The molecule has 1 heterocycles. The third-order valence-corrected chi connectivity index (χ3v) is 3.12. The fraction of sp³-hybridized carbons (Fsp3) is 0.400. The summed E-state index contributed by atoms with van der Waals surface area (Å²) in [4.78, 5) is 9.59. The predicted octanol–water partition coefficient (Wildman–Crippen LogP) is 2.54. The van der Waals surface area contributed by atoms with Crippen molar-refractivity contribution in [3.05, 3.63) is 47.5 Å². The molecule has 0 aliphatic heterocycles. The van der Waals surface area contributed by atoms with Gasteiger partial charge >= 0.3 is 0 Å². The summed E-state index contributed by atoms with van der Waals surface area (Å²) in [7, 11) is 2.08. The Labute approximate surface area is 114 Å². The molecule has 0 fully saturated rings. The first-order valence-corrected chi connectivity index (χ1v) is 6.52. The second kappa shape index (κ2) is 6.38. The third kappa shape index (κ3) is 4.10. The Bertz CT molecular complexity index is 504. The average molecular weight is 259 g/mol. The maximum Gasteiger partial charge on any atom is 0.119 e. The molecule has 0 aliphatic rings. The van der Waals surface area contributed by atoms with Crippen LogP contribution in [0.2, 0.25) is 0 Å². The predicted molar refractivity (Wildman–Crippen MR) is 76.3 cm³/mol. The van der Waals surface area contributed by atoms with Crippen molar-refractivity contribution in [2.45, 2.75) is 20.4 Å². The van der Waals surface area contributed by atoms with E-state index in [0.717, 1.165) is 30.2 Å². The van der Waals surface area contributed by atoms with E-state index in [1.54, 1.807) is 6.33 Å². The minimum atomic E-state index is 0.684. The minimum Gasteiger partial charge on any atom is -0.492 e. The van der Waals surface area contributed by atoms with Gasteiger partial charge < -0.3 is 9.72 Å². The van der Waals surface area contributed by atoms with Gasteiger partial charge in [0.2, 0.25) is 0 Å². The zero-order valence-corrected chi connectivity index (χ0v) is 11.8.